The highest BCUT2D eigenvalue weighted by atomic mass is 32.2. The fourth-order valence-electron chi connectivity index (χ4n) is 3.14. The fraction of sp³-hybridized carbons (Fsp3) is 0.217. The van der Waals surface area contributed by atoms with Crippen LogP contribution in [0, 0.1) is 6.92 Å². The van der Waals surface area contributed by atoms with Crippen LogP contribution in [-0.4, -0.2) is 31.1 Å². The lowest BCUT2D eigenvalue weighted by molar-refractivity contribution is -0.122. The molecule has 31 heavy (non-hydrogen) atoms. The van der Waals surface area contributed by atoms with Crippen molar-refractivity contribution in [2.45, 2.75) is 26.7 Å². The van der Waals surface area contributed by atoms with Crippen molar-refractivity contribution >= 4 is 45.9 Å². The molecule has 1 saturated heterocycles. The van der Waals surface area contributed by atoms with Gasteiger partial charge >= 0.3 is 0 Å². The molecule has 0 bridgehead atoms. The lowest BCUT2D eigenvalue weighted by atomic mass is 10.2. The molecule has 0 aliphatic carbocycles. The second kappa shape index (κ2) is 9.03. The average molecular weight is 452 g/mol. The van der Waals surface area contributed by atoms with Gasteiger partial charge in [0.25, 0.3) is 11.5 Å². The van der Waals surface area contributed by atoms with Crippen LogP contribution in [0.3, 0.4) is 0 Å². The van der Waals surface area contributed by atoms with Crippen LogP contribution < -0.4 is 10.3 Å². The molecule has 2 aromatic heterocycles. The fourth-order valence-corrected chi connectivity index (χ4v) is 4.43. The summed E-state index contributed by atoms with van der Waals surface area (Å²) in [6.45, 7) is 4.61. The van der Waals surface area contributed by atoms with E-state index in [2.05, 4.69) is 11.9 Å². The molecule has 0 atom stereocenters. The molecule has 3 heterocycles. The van der Waals surface area contributed by atoms with Gasteiger partial charge in [0, 0.05) is 12.7 Å². The SMILES string of the molecule is CCCCN1C(=O)C(=Cc2c(Oc3ccc(C)cc3)nc3ccccn3c2=O)SC1=S. The first kappa shape index (κ1) is 21.3. The van der Waals surface area contributed by atoms with Crippen LogP contribution in [0.5, 0.6) is 11.6 Å². The number of thiocarbonyl (C=S) groups is 1. The zero-order chi connectivity index (χ0) is 22.0. The van der Waals surface area contributed by atoms with E-state index in [0.717, 1.165) is 18.4 Å². The number of ether oxygens (including phenoxy) is 1. The third-order valence-electron chi connectivity index (χ3n) is 4.85. The van der Waals surface area contributed by atoms with Crippen LogP contribution in [0.4, 0.5) is 0 Å². The van der Waals surface area contributed by atoms with E-state index in [4.69, 9.17) is 17.0 Å². The maximum absolute atomic E-state index is 13.3. The highest BCUT2D eigenvalue weighted by Crippen LogP contribution is 2.34. The first-order chi connectivity index (χ1) is 15.0. The molecule has 0 N–H and O–H groups in total. The number of amides is 1. The molecular formula is C23H21N3O3S2. The molecule has 1 amide bonds. The molecule has 0 spiro atoms. The summed E-state index contributed by atoms with van der Waals surface area (Å²) in [6, 6.07) is 12.8. The summed E-state index contributed by atoms with van der Waals surface area (Å²) >= 11 is 6.58. The average Bonchev–Trinajstić information content (AvgIpc) is 3.03. The molecule has 1 aliphatic rings. The van der Waals surface area contributed by atoms with E-state index in [9.17, 15) is 9.59 Å². The molecule has 0 radical (unpaired) electrons. The molecule has 1 aliphatic heterocycles. The number of carbonyl (C=O) groups is 1. The molecule has 4 rings (SSSR count). The number of nitrogens with zero attached hydrogens (tertiary/aromatic N) is 3. The van der Waals surface area contributed by atoms with Gasteiger partial charge in [-0.2, -0.15) is 4.98 Å². The monoisotopic (exact) mass is 451 g/mol. The summed E-state index contributed by atoms with van der Waals surface area (Å²) < 4.78 is 7.92. The molecule has 8 heteroatoms. The minimum absolute atomic E-state index is 0.152. The third-order valence-corrected chi connectivity index (χ3v) is 6.23. The Hall–Kier alpha value is -2.97. The van der Waals surface area contributed by atoms with Gasteiger partial charge in [0.15, 0.2) is 0 Å². The minimum atomic E-state index is -0.313. The Labute approximate surface area is 189 Å². The van der Waals surface area contributed by atoms with Crippen molar-refractivity contribution in [2.24, 2.45) is 0 Å². The van der Waals surface area contributed by atoms with Gasteiger partial charge in [-0.25, -0.2) is 0 Å². The van der Waals surface area contributed by atoms with Crippen molar-refractivity contribution in [3.05, 3.63) is 75.0 Å². The quantitative estimate of drug-likeness (QED) is 0.396. The van der Waals surface area contributed by atoms with E-state index in [1.54, 1.807) is 35.4 Å². The highest BCUT2D eigenvalue weighted by molar-refractivity contribution is 8.26. The summed E-state index contributed by atoms with van der Waals surface area (Å²) in [4.78, 5) is 32.7. The summed E-state index contributed by atoms with van der Waals surface area (Å²) in [5, 5.41) is 0. The minimum Gasteiger partial charge on any atom is -0.438 e. The predicted molar refractivity (Wildman–Crippen MR) is 128 cm³/mol. The van der Waals surface area contributed by atoms with Crippen LogP contribution in [0.2, 0.25) is 0 Å². The molecule has 158 valence electrons. The van der Waals surface area contributed by atoms with Gasteiger partial charge < -0.3 is 4.74 Å². The van der Waals surface area contributed by atoms with Crippen LogP contribution in [0.15, 0.2) is 58.4 Å². The number of thioether (sulfide) groups is 1. The number of hydrogen-bond acceptors (Lipinski definition) is 6. The number of benzene rings is 1. The van der Waals surface area contributed by atoms with Gasteiger partial charge in [0.2, 0.25) is 5.88 Å². The molecular weight excluding hydrogens is 430 g/mol. The standard InChI is InChI=1S/C23H21N3O3S2/c1-3-4-12-26-22(28)18(31-23(26)30)14-17-20(29-16-10-8-15(2)9-11-16)24-19-7-5-6-13-25(19)21(17)27/h5-11,13-14H,3-4,12H2,1-2H3. The lowest BCUT2D eigenvalue weighted by Gasteiger charge is -2.13. The van der Waals surface area contributed by atoms with Gasteiger partial charge in [0.05, 0.1) is 4.91 Å². The van der Waals surface area contributed by atoms with Gasteiger partial charge in [-0.15, -0.1) is 0 Å². The smallest absolute Gasteiger partial charge is 0.269 e. The maximum atomic E-state index is 13.3. The number of rotatable bonds is 6. The highest BCUT2D eigenvalue weighted by Gasteiger charge is 2.32. The van der Waals surface area contributed by atoms with Crippen molar-refractivity contribution < 1.29 is 9.53 Å². The third kappa shape index (κ3) is 4.40. The van der Waals surface area contributed by atoms with Gasteiger partial charge in [-0.05, 0) is 43.7 Å². The number of unbranched alkanes of at least 4 members (excludes halogenated alkanes) is 1. The summed E-state index contributed by atoms with van der Waals surface area (Å²) in [5.41, 5.74) is 1.45. The van der Waals surface area contributed by atoms with E-state index in [1.807, 2.05) is 31.2 Å². The number of aryl methyl sites for hydroxylation is 1. The van der Waals surface area contributed by atoms with Crippen molar-refractivity contribution in [3.8, 4) is 11.6 Å². The number of aromatic nitrogens is 2. The topological polar surface area (TPSA) is 63.9 Å². The van der Waals surface area contributed by atoms with Crippen molar-refractivity contribution in [2.75, 3.05) is 6.54 Å². The second-order valence-electron chi connectivity index (χ2n) is 7.17. The molecule has 1 fully saturated rings. The molecule has 3 aromatic rings. The first-order valence-corrected chi connectivity index (χ1v) is 11.2. The van der Waals surface area contributed by atoms with E-state index in [0.29, 0.717) is 27.2 Å². The van der Waals surface area contributed by atoms with Crippen LogP contribution in [-0.2, 0) is 4.79 Å². The van der Waals surface area contributed by atoms with Crippen LogP contribution in [0.1, 0.15) is 30.9 Å². The largest absolute Gasteiger partial charge is 0.438 e. The first-order valence-electron chi connectivity index (χ1n) is 9.99. The maximum Gasteiger partial charge on any atom is 0.269 e. The molecule has 0 saturated carbocycles. The van der Waals surface area contributed by atoms with Crippen LogP contribution in [0.25, 0.3) is 11.7 Å². The Morgan fingerprint density at radius 2 is 1.94 bits per heavy atom. The van der Waals surface area contributed by atoms with E-state index < -0.39 is 0 Å². The summed E-state index contributed by atoms with van der Waals surface area (Å²) in [6.07, 6.45) is 5.01. The Morgan fingerprint density at radius 3 is 2.68 bits per heavy atom. The number of carbonyl (C=O) groups excluding carboxylic acids is 1. The number of fused-ring (bicyclic) bond motifs is 1. The Bertz CT molecular complexity index is 1250. The van der Waals surface area contributed by atoms with Gasteiger partial charge in [-0.1, -0.05) is 61.1 Å². The predicted octanol–water partition coefficient (Wildman–Crippen LogP) is 4.80. The van der Waals surface area contributed by atoms with Crippen LogP contribution >= 0.6 is 24.0 Å². The second-order valence-corrected chi connectivity index (χ2v) is 8.84. The summed E-state index contributed by atoms with van der Waals surface area (Å²) in [5.74, 6) is 0.518. The Balaban J connectivity index is 1.80. The molecule has 0 unspecified atom stereocenters. The van der Waals surface area contributed by atoms with Gasteiger partial charge in [0.1, 0.15) is 21.3 Å². The normalized spacial score (nSPS) is 15.3. The summed E-state index contributed by atoms with van der Waals surface area (Å²) in [7, 11) is 0. The zero-order valence-electron chi connectivity index (χ0n) is 17.2. The number of pyridine rings is 1. The van der Waals surface area contributed by atoms with Crippen molar-refractivity contribution in [1.29, 1.82) is 0 Å². The van der Waals surface area contributed by atoms with E-state index in [-0.39, 0.29) is 22.9 Å². The van der Waals surface area contributed by atoms with Crippen molar-refractivity contribution in [3.63, 3.8) is 0 Å². The van der Waals surface area contributed by atoms with Crippen molar-refractivity contribution in [1.82, 2.24) is 14.3 Å². The van der Waals surface area contributed by atoms with Gasteiger partial charge in [-0.3, -0.25) is 18.9 Å². The van der Waals surface area contributed by atoms with E-state index in [1.165, 1.54) is 16.2 Å². The lowest BCUT2D eigenvalue weighted by Crippen LogP contribution is -2.29. The van der Waals surface area contributed by atoms with E-state index >= 15 is 0 Å². The Kier molecular flexibility index (Phi) is 6.20. The zero-order valence-corrected chi connectivity index (χ0v) is 18.8. The molecule has 1 aromatic carbocycles. The molecule has 6 nitrogen and oxygen atoms in total. The Morgan fingerprint density at radius 1 is 1.16 bits per heavy atom. The number of hydrogen-bond donors (Lipinski definition) is 0.